The van der Waals surface area contributed by atoms with E-state index in [2.05, 4.69) is 15.8 Å². The van der Waals surface area contributed by atoms with Crippen LogP contribution in [0.3, 0.4) is 0 Å². The molecule has 0 saturated carbocycles. The highest BCUT2D eigenvalue weighted by molar-refractivity contribution is 5.88. The van der Waals surface area contributed by atoms with Crippen molar-refractivity contribution in [1.82, 2.24) is 10.5 Å². The van der Waals surface area contributed by atoms with E-state index < -0.39 is 36.5 Å². The molecule has 0 aromatic carbocycles. The number of aromatic nitrogens is 1. The lowest BCUT2D eigenvalue weighted by Crippen LogP contribution is -2.45. The standard InChI is InChI=1S/C14H16F3N3O4/c1-8-3-4-10(23-8)13(22,14(15,16)17)5-6-18-12(21)19-11-7-9(2)24-20-11/h3-4,7,22H,5-6H2,1-2H3,(H2,18,19,20,21)/t13-/m0/s1. The van der Waals surface area contributed by atoms with E-state index in [1.54, 1.807) is 6.92 Å². The second-order valence-electron chi connectivity index (χ2n) is 5.22. The third-order valence-corrected chi connectivity index (χ3v) is 3.26. The molecule has 2 aromatic heterocycles. The van der Waals surface area contributed by atoms with Crippen LogP contribution in [0.5, 0.6) is 0 Å². The lowest BCUT2D eigenvalue weighted by atomic mass is 9.96. The van der Waals surface area contributed by atoms with Gasteiger partial charge in [0.05, 0.1) is 0 Å². The van der Waals surface area contributed by atoms with Gasteiger partial charge in [0.25, 0.3) is 0 Å². The summed E-state index contributed by atoms with van der Waals surface area (Å²) in [6, 6.07) is 3.04. The number of urea groups is 1. The fourth-order valence-corrected chi connectivity index (χ4v) is 2.00. The molecule has 0 bridgehead atoms. The summed E-state index contributed by atoms with van der Waals surface area (Å²) in [4.78, 5) is 11.6. The van der Waals surface area contributed by atoms with Crippen LogP contribution in [-0.4, -0.2) is 29.0 Å². The Kier molecular flexibility index (Phi) is 4.88. The van der Waals surface area contributed by atoms with Gasteiger partial charge >= 0.3 is 12.2 Å². The monoisotopic (exact) mass is 347 g/mol. The van der Waals surface area contributed by atoms with E-state index in [0.29, 0.717) is 5.76 Å². The molecule has 3 N–H and O–H groups in total. The van der Waals surface area contributed by atoms with Crippen LogP contribution in [0.2, 0.25) is 0 Å². The van der Waals surface area contributed by atoms with E-state index in [-0.39, 0.29) is 11.6 Å². The lowest BCUT2D eigenvalue weighted by Gasteiger charge is -2.28. The number of aliphatic hydroxyl groups is 1. The molecule has 0 aliphatic carbocycles. The van der Waals surface area contributed by atoms with E-state index >= 15 is 0 Å². The quantitative estimate of drug-likeness (QED) is 0.772. The van der Waals surface area contributed by atoms with Gasteiger partial charge in [-0.2, -0.15) is 13.2 Å². The maximum absolute atomic E-state index is 13.2. The Morgan fingerprint density at radius 2 is 2.00 bits per heavy atom. The van der Waals surface area contributed by atoms with Crippen LogP contribution >= 0.6 is 0 Å². The highest BCUT2D eigenvalue weighted by atomic mass is 19.4. The number of halogens is 3. The minimum atomic E-state index is -4.96. The molecule has 2 heterocycles. The highest BCUT2D eigenvalue weighted by Crippen LogP contribution is 2.41. The zero-order valence-electron chi connectivity index (χ0n) is 12.9. The average molecular weight is 347 g/mol. The van der Waals surface area contributed by atoms with Crippen molar-refractivity contribution < 1.29 is 32.0 Å². The van der Waals surface area contributed by atoms with Crippen molar-refractivity contribution in [3.63, 3.8) is 0 Å². The predicted octanol–water partition coefficient (Wildman–Crippen LogP) is 2.85. The van der Waals surface area contributed by atoms with Gasteiger partial charge in [0.15, 0.2) is 5.82 Å². The number of hydrogen-bond acceptors (Lipinski definition) is 5. The number of hydrogen-bond donors (Lipinski definition) is 3. The molecule has 0 spiro atoms. The summed E-state index contributed by atoms with van der Waals surface area (Å²) in [5, 5.41) is 18.0. The molecule has 0 radical (unpaired) electrons. The molecule has 2 aromatic rings. The number of furan rings is 1. The third kappa shape index (κ3) is 3.88. The molecule has 0 unspecified atom stereocenters. The normalized spacial score (nSPS) is 14.2. The van der Waals surface area contributed by atoms with E-state index in [1.165, 1.54) is 19.1 Å². The summed E-state index contributed by atoms with van der Waals surface area (Å²) >= 11 is 0. The molecule has 0 fully saturated rings. The van der Waals surface area contributed by atoms with Crippen LogP contribution in [-0.2, 0) is 5.60 Å². The first-order valence-electron chi connectivity index (χ1n) is 6.96. The fourth-order valence-electron chi connectivity index (χ4n) is 2.00. The molecule has 0 saturated heterocycles. The molecule has 1 atom stereocenters. The van der Waals surface area contributed by atoms with E-state index in [4.69, 9.17) is 8.94 Å². The number of rotatable bonds is 5. The summed E-state index contributed by atoms with van der Waals surface area (Å²) in [5.41, 5.74) is -3.20. The average Bonchev–Trinajstić information content (AvgIpc) is 3.06. The highest BCUT2D eigenvalue weighted by Gasteiger charge is 2.56. The molecule has 24 heavy (non-hydrogen) atoms. The van der Waals surface area contributed by atoms with Crippen molar-refractivity contribution in [3.05, 3.63) is 35.5 Å². The van der Waals surface area contributed by atoms with Gasteiger partial charge in [-0.1, -0.05) is 5.16 Å². The van der Waals surface area contributed by atoms with Crippen LogP contribution < -0.4 is 10.6 Å². The summed E-state index contributed by atoms with van der Waals surface area (Å²) < 4.78 is 49.3. The van der Waals surface area contributed by atoms with E-state index in [9.17, 15) is 23.1 Å². The minimum Gasteiger partial charge on any atom is -0.463 e. The minimum absolute atomic E-state index is 0.123. The molecular formula is C14H16F3N3O4. The van der Waals surface area contributed by atoms with Gasteiger partial charge < -0.3 is 19.4 Å². The summed E-state index contributed by atoms with van der Waals surface area (Å²) in [6.45, 7) is 2.63. The van der Waals surface area contributed by atoms with Crippen LogP contribution in [0, 0.1) is 13.8 Å². The summed E-state index contributed by atoms with van der Waals surface area (Å²) in [7, 11) is 0. The number of alkyl halides is 3. The number of amides is 2. The Labute approximate surface area is 134 Å². The second-order valence-corrected chi connectivity index (χ2v) is 5.22. The van der Waals surface area contributed by atoms with Gasteiger partial charge in [-0.3, -0.25) is 5.32 Å². The van der Waals surface area contributed by atoms with Crippen molar-refractivity contribution >= 4 is 11.8 Å². The largest absolute Gasteiger partial charge is 0.463 e. The van der Waals surface area contributed by atoms with E-state index in [0.717, 1.165) is 6.07 Å². The fraction of sp³-hybridized carbons (Fsp3) is 0.429. The van der Waals surface area contributed by atoms with Gasteiger partial charge in [0.2, 0.25) is 5.60 Å². The van der Waals surface area contributed by atoms with Crippen LogP contribution in [0.25, 0.3) is 0 Å². The van der Waals surface area contributed by atoms with Gasteiger partial charge in [-0.25, -0.2) is 4.79 Å². The zero-order chi connectivity index (χ0) is 18.0. The maximum Gasteiger partial charge on any atom is 0.424 e. The first-order chi connectivity index (χ1) is 11.1. The number of anilines is 1. The van der Waals surface area contributed by atoms with Crippen LogP contribution in [0.15, 0.2) is 27.1 Å². The molecule has 2 amide bonds. The van der Waals surface area contributed by atoms with Crippen molar-refractivity contribution in [2.75, 3.05) is 11.9 Å². The molecule has 2 rings (SSSR count). The molecule has 10 heteroatoms. The Morgan fingerprint density at radius 3 is 2.50 bits per heavy atom. The summed E-state index contributed by atoms with van der Waals surface area (Å²) in [5.74, 6) is 0.198. The van der Waals surface area contributed by atoms with E-state index in [1.807, 2.05) is 0 Å². The van der Waals surface area contributed by atoms with Crippen molar-refractivity contribution in [2.24, 2.45) is 0 Å². The number of aryl methyl sites for hydroxylation is 2. The first-order valence-corrected chi connectivity index (χ1v) is 6.96. The Morgan fingerprint density at radius 1 is 1.29 bits per heavy atom. The van der Waals surface area contributed by atoms with Gasteiger partial charge in [0.1, 0.15) is 17.3 Å². The smallest absolute Gasteiger partial charge is 0.424 e. The molecule has 132 valence electrons. The molecule has 7 nitrogen and oxygen atoms in total. The van der Waals surface area contributed by atoms with Gasteiger partial charge in [-0.15, -0.1) is 0 Å². The first kappa shape index (κ1) is 17.9. The molecule has 0 aliphatic rings. The van der Waals surface area contributed by atoms with Gasteiger partial charge in [-0.05, 0) is 26.0 Å². The third-order valence-electron chi connectivity index (χ3n) is 3.26. The molecular weight excluding hydrogens is 331 g/mol. The number of nitrogens with one attached hydrogen (secondary N) is 2. The maximum atomic E-state index is 13.2. The molecule has 0 aliphatic heterocycles. The summed E-state index contributed by atoms with van der Waals surface area (Å²) in [6.07, 6.45) is -5.77. The second kappa shape index (κ2) is 6.56. The lowest BCUT2D eigenvalue weighted by molar-refractivity contribution is -0.274. The Hall–Kier alpha value is -2.49. The number of carbonyl (C=O) groups is 1. The van der Waals surface area contributed by atoms with Crippen molar-refractivity contribution in [1.29, 1.82) is 0 Å². The van der Waals surface area contributed by atoms with Gasteiger partial charge in [0, 0.05) is 19.0 Å². The van der Waals surface area contributed by atoms with Crippen LogP contribution in [0.4, 0.5) is 23.8 Å². The van der Waals surface area contributed by atoms with Crippen LogP contribution in [0.1, 0.15) is 23.7 Å². The Balaban J connectivity index is 1.97. The zero-order valence-corrected chi connectivity index (χ0v) is 12.9. The number of nitrogens with zero attached hydrogens (tertiary/aromatic N) is 1. The topological polar surface area (TPSA) is 101 Å². The van der Waals surface area contributed by atoms with Crippen molar-refractivity contribution in [2.45, 2.75) is 32.0 Å². The predicted molar refractivity (Wildman–Crippen MR) is 76.3 cm³/mol. The Bertz CT molecular complexity index is 710. The SMILES string of the molecule is Cc1cc(NC(=O)NCC[C@](O)(c2ccc(C)o2)C(F)(F)F)no1. The number of carbonyl (C=O) groups excluding carboxylic acids is 1. The van der Waals surface area contributed by atoms with Crippen molar-refractivity contribution in [3.8, 4) is 0 Å².